The van der Waals surface area contributed by atoms with Crippen LogP contribution in [-0.4, -0.2) is 18.3 Å². The molecule has 1 amide bonds. The van der Waals surface area contributed by atoms with E-state index in [0.717, 1.165) is 5.56 Å². The Morgan fingerprint density at radius 3 is 2.78 bits per heavy atom. The summed E-state index contributed by atoms with van der Waals surface area (Å²) in [5.74, 6) is -2.61. The fourth-order valence-corrected chi connectivity index (χ4v) is 2.59. The van der Waals surface area contributed by atoms with Crippen LogP contribution < -0.4 is 10.1 Å². The summed E-state index contributed by atoms with van der Waals surface area (Å²) < 4.78 is 30.4. The molecule has 0 saturated heterocycles. The number of halogens is 3. The molecule has 3 nitrogen and oxygen atoms in total. The summed E-state index contributed by atoms with van der Waals surface area (Å²) >= 11 is 6.35. The summed E-state index contributed by atoms with van der Waals surface area (Å²) in [5, 5.41) is 2.96. The zero-order chi connectivity index (χ0) is 16.8. The molecule has 0 radical (unpaired) electrons. The van der Waals surface area contributed by atoms with Crippen molar-refractivity contribution >= 4 is 35.0 Å². The molecule has 0 aliphatic carbocycles. The average Bonchev–Trinajstić information content (AvgIpc) is 2.50. The van der Waals surface area contributed by atoms with E-state index in [1.807, 2.05) is 13.0 Å². The van der Waals surface area contributed by atoms with Gasteiger partial charge in [-0.1, -0.05) is 41.6 Å². The molecule has 2 aromatic carbocycles. The first-order valence-corrected chi connectivity index (χ1v) is 7.94. The number of rotatable bonds is 6. The summed E-state index contributed by atoms with van der Waals surface area (Å²) in [6.45, 7) is 1.61. The lowest BCUT2D eigenvalue weighted by Crippen LogP contribution is -2.20. The van der Waals surface area contributed by atoms with E-state index in [2.05, 4.69) is 5.32 Å². The Hall–Kier alpha value is -1.79. The summed E-state index contributed by atoms with van der Waals surface area (Å²) in [6.07, 6.45) is 0. The van der Waals surface area contributed by atoms with Gasteiger partial charge in [0.15, 0.2) is 6.61 Å². The van der Waals surface area contributed by atoms with Crippen LogP contribution in [0, 0.1) is 6.92 Å². The Bertz CT molecular complexity index is 698. The minimum absolute atomic E-state index is 0.267. The number of ether oxygens (including phenoxy) is 1. The van der Waals surface area contributed by atoms with Crippen LogP contribution in [-0.2, 0) is 4.79 Å². The van der Waals surface area contributed by atoms with Crippen molar-refractivity contribution in [2.45, 2.75) is 17.6 Å². The number of amides is 1. The Morgan fingerprint density at radius 2 is 2.04 bits per heavy atom. The van der Waals surface area contributed by atoms with Crippen LogP contribution >= 0.6 is 23.4 Å². The average molecular weight is 358 g/mol. The fraction of sp³-hybridized carbons (Fsp3) is 0.188. The number of thioether (sulfide) groups is 1. The molecular weight excluding hydrogens is 344 g/mol. The number of para-hydroxylation sites is 1. The van der Waals surface area contributed by atoms with Gasteiger partial charge < -0.3 is 10.1 Å². The summed E-state index contributed by atoms with van der Waals surface area (Å²) in [4.78, 5) is 12.2. The van der Waals surface area contributed by atoms with Gasteiger partial charge >= 0.3 is 0 Å². The van der Waals surface area contributed by atoms with Crippen LogP contribution in [0.15, 0.2) is 47.4 Å². The van der Waals surface area contributed by atoms with Crippen LogP contribution in [0.4, 0.5) is 14.5 Å². The van der Waals surface area contributed by atoms with E-state index in [1.54, 1.807) is 30.3 Å². The van der Waals surface area contributed by atoms with Crippen molar-refractivity contribution in [3.63, 3.8) is 0 Å². The molecule has 0 heterocycles. The van der Waals surface area contributed by atoms with Crippen LogP contribution in [0.2, 0.25) is 5.02 Å². The van der Waals surface area contributed by atoms with Crippen LogP contribution in [0.3, 0.4) is 0 Å². The predicted octanol–water partition coefficient (Wildman–Crippen LogP) is 4.98. The third-order valence-electron chi connectivity index (χ3n) is 2.82. The third kappa shape index (κ3) is 5.41. The van der Waals surface area contributed by atoms with Gasteiger partial charge in [0.25, 0.3) is 11.7 Å². The molecule has 7 heteroatoms. The number of anilines is 1. The zero-order valence-electron chi connectivity index (χ0n) is 12.2. The van der Waals surface area contributed by atoms with Gasteiger partial charge in [-0.3, -0.25) is 4.79 Å². The van der Waals surface area contributed by atoms with E-state index in [-0.39, 0.29) is 6.61 Å². The minimum atomic E-state index is -2.56. The topological polar surface area (TPSA) is 38.3 Å². The van der Waals surface area contributed by atoms with Crippen molar-refractivity contribution in [2.24, 2.45) is 0 Å². The van der Waals surface area contributed by atoms with E-state index in [4.69, 9.17) is 16.3 Å². The third-order valence-corrected chi connectivity index (χ3v) is 3.92. The van der Waals surface area contributed by atoms with E-state index >= 15 is 0 Å². The maximum absolute atomic E-state index is 12.5. The summed E-state index contributed by atoms with van der Waals surface area (Å²) in [5.41, 5.74) is 1.27. The van der Waals surface area contributed by atoms with Crippen LogP contribution in [0.5, 0.6) is 5.75 Å². The van der Waals surface area contributed by atoms with Gasteiger partial charge in [-0.25, -0.2) is 0 Å². The molecule has 0 bridgehead atoms. The van der Waals surface area contributed by atoms with Gasteiger partial charge in [0, 0.05) is 4.90 Å². The second-order valence-corrected chi connectivity index (χ2v) is 6.08. The van der Waals surface area contributed by atoms with Crippen molar-refractivity contribution in [3.05, 3.63) is 53.1 Å². The molecule has 122 valence electrons. The Balaban J connectivity index is 1.99. The summed E-state index contributed by atoms with van der Waals surface area (Å²) in [6, 6.07) is 11.6. The maximum atomic E-state index is 12.5. The number of alkyl halides is 2. The van der Waals surface area contributed by atoms with E-state index in [9.17, 15) is 13.6 Å². The number of nitrogens with one attached hydrogen (secondary N) is 1. The maximum Gasteiger partial charge on any atom is 0.288 e. The van der Waals surface area contributed by atoms with Crippen molar-refractivity contribution in [1.29, 1.82) is 0 Å². The molecule has 0 fully saturated rings. The van der Waals surface area contributed by atoms with Gasteiger partial charge in [-0.2, -0.15) is 8.78 Å². The summed E-state index contributed by atoms with van der Waals surface area (Å²) in [7, 11) is 0. The largest absolute Gasteiger partial charge is 0.482 e. The molecule has 0 aromatic heterocycles. The fourth-order valence-electron chi connectivity index (χ4n) is 1.82. The lowest BCUT2D eigenvalue weighted by atomic mass is 10.2. The smallest absolute Gasteiger partial charge is 0.288 e. The number of carbonyl (C=O) groups is 1. The van der Waals surface area contributed by atoms with Gasteiger partial charge in [0.05, 0.1) is 10.7 Å². The molecule has 0 aliphatic rings. The molecule has 0 spiro atoms. The lowest BCUT2D eigenvalue weighted by molar-refractivity contribution is -0.118. The van der Waals surface area contributed by atoms with E-state index in [1.165, 1.54) is 6.07 Å². The molecule has 0 atom stereocenters. The van der Waals surface area contributed by atoms with Crippen molar-refractivity contribution in [1.82, 2.24) is 0 Å². The highest BCUT2D eigenvalue weighted by Gasteiger charge is 2.12. The van der Waals surface area contributed by atoms with Gasteiger partial charge in [0.1, 0.15) is 5.75 Å². The highest BCUT2D eigenvalue weighted by atomic mass is 35.5. The first kappa shape index (κ1) is 17.6. The van der Waals surface area contributed by atoms with Gasteiger partial charge in [-0.15, -0.1) is 0 Å². The Morgan fingerprint density at radius 1 is 1.30 bits per heavy atom. The van der Waals surface area contributed by atoms with Crippen molar-refractivity contribution in [2.75, 3.05) is 11.9 Å². The van der Waals surface area contributed by atoms with Gasteiger partial charge in [0.2, 0.25) is 0 Å². The van der Waals surface area contributed by atoms with Crippen LogP contribution in [0.25, 0.3) is 0 Å². The molecule has 0 saturated carbocycles. The van der Waals surface area contributed by atoms with Crippen LogP contribution in [0.1, 0.15) is 5.56 Å². The van der Waals surface area contributed by atoms with Crippen molar-refractivity contribution < 1.29 is 18.3 Å². The van der Waals surface area contributed by atoms with Gasteiger partial charge in [-0.05, 0) is 36.8 Å². The quantitative estimate of drug-likeness (QED) is 0.741. The SMILES string of the molecule is Cc1ccc(Cl)c(OCC(=O)Nc2ccccc2SC(F)F)c1. The minimum Gasteiger partial charge on any atom is -0.482 e. The normalized spacial score (nSPS) is 10.7. The number of hydrogen-bond acceptors (Lipinski definition) is 3. The lowest BCUT2D eigenvalue weighted by Gasteiger charge is -2.12. The monoisotopic (exact) mass is 357 g/mol. The van der Waals surface area contributed by atoms with E-state index < -0.39 is 11.7 Å². The second-order valence-electron chi connectivity index (χ2n) is 4.65. The number of carbonyl (C=O) groups excluding carboxylic acids is 1. The van der Waals surface area contributed by atoms with Crippen molar-refractivity contribution in [3.8, 4) is 5.75 Å². The Labute approximate surface area is 142 Å². The molecular formula is C16H14ClF2NO2S. The number of aryl methyl sites for hydroxylation is 1. The molecule has 1 N–H and O–H groups in total. The standard InChI is InChI=1S/C16H14ClF2NO2S/c1-10-6-7-11(17)13(8-10)22-9-15(21)20-12-4-2-3-5-14(12)23-16(18)19/h2-8,16H,9H2,1H3,(H,20,21). The molecule has 0 unspecified atom stereocenters. The molecule has 0 aliphatic heterocycles. The predicted molar refractivity (Wildman–Crippen MR) is 88.6 cm³/mol. The highest BCUT2D eigenvalue weighted by molar-refractivity contribution is 7.99. The van der Waals surface area contributed by atoms with E-state index in [0.29, 0.717) is 33.1 Å². The number of hydrogen-bond donors (Lipinski definition) is 1. The second kappa shape index (κ2) is 8.17. The zero-order valence-corrected chi connectivity index (χ0v) is 13.8. The molecule has 2 rings (SSSR count). The molecule has 2 aromatic rings. The number of benzene rings is 2. The first-order chi connectivity index (χ1) is 11.0. The first-order valence-electron chi connectivity index (χ1n) is 6.68. The molecule has 23 heavy (non-hydrogen) atoms. The Kier molecular flexibility index (Phi) is 6.24. The highest BCUT2D eigenvalue weighted by Crippen LogP contribution is 2.31.